The molecule has 30 heavy (non-hydrogen) atoms. The van der Waals surface area contributed by atoms with Crippen molar-refractivity contribution in [2.75, 3.05) is 37.0 Å². The van der Waals surface area contributed by atoms with Crippen LogP contribution in [0.5, 0.6) is 5.75 Å². The van der Waals surface area contributed by atoms with Crippen molar-refractivity contribution in [3.8, 4) is 5.75 Å². The van der Waals surface area contributed by atoms with E-state index in [0.29, 0.717) is 24.6 Å². The van der Waals surface area contributed by atoms with Crippen LogP contribution in [-0.4, -0.2) is 43.9 Å². The van der Waals surface area contributed by atoms with E-state index >= 15 is 0 Å². The number of nitrogens with one attached hydrogen (secondary N) is 2. The van der Waals surface area contributed by atoms with Crippen LogP contribution in [0.15, 0.2) is 36.5 Å². The largest absolute Gasteiger partial charge is 0.489 e. The summed E-state index contributed by atoms with van der Waals surface area (Å²) in [5.74, 6) is 0.725. The van der Waals surface area contributed by atoms with Crippen molar-refractivity contribution < 1.29 is 18.7 Å². The highest BCUT2D eigenvalue weighted by Crippen LogP contribution is 2.29. The Balaban J connectivity index is 1.58. The molecule has 1 aromatic carbocycles. The predicted octanol–water partition coefficient (Wildman–Crippen LogP) is 4.12. The summed E-state index contributed by atoms with van der Waals surface area (Å²) in [5, 5.41) is 5.76. The summed E-state index contributed by atoms with van der Waals surface area (Å²) in [5.41, 5.74) is 1.50. The summed E-state index contributed by atoms with van der Waals surface area (Å²) >= 11 is 0. The van der Waals surface area contributed by atoms with Gasteiger partial charge in [0.15, 0.2) is 11.6 Å². The molecule has 1 fully saturated rings. The molecule has 1 amide bonds. The highest BCUT2D eigenvalue weighted by molar-refractivity contribution is 5.67. The number of methoxy groups -OCH3 is 1. The Morgan fingerprint density at radius 3 is 2.80 bits per heavy atom. The number of carbonyl (C=O) groups is 1. The zero-order valence-corrected chi connectivity index (χ0v) is 17.7. The van der Waals surface area contributed by atoms with Crippen molar-refractivity contribution in [1.82, 2.24) is 10.3 Å². The minimum absolute atomic E-state index is 0.0268. The van der Waals surface area contributed by atoms with Gasteiger partial charge in [0, 0.05) is 25.7 Å². The van der Waals surface area contributed by atoms with Gasteiger partial charge in [-0.3, -0.25) is 0 Å². The molecule has 1 unspecified atom stereocenters. The Bertz CT molecular complexity index is 847. The van der Waals surface area contributed by atoms with Crippen LogP contribution in [0, 0.1) is 5.82 Å². The molecule has 1 aromatic heterocycles. The number of amides is 1. The summed E-state index contributed by atoms with van der Waals surface area (Å²) in [6.07, 6.45) is 2.85. The summed E-state index contributed by atoms with van der Waals surface area (Å²) in [4.78, 5) is 17.4. The molecule has 2 atom stereocenters. The second-order valence-corrected chi connectivity index (χ2v) is 7.32. The quantitative estimate of drug-likeness (QED) is 0.674. The fourth-order valence-electron chi connectivity index (χ4n) is 3.43. The van der Waals surface area contributed by atoms with E-state index in [1.165, 1.54) is 7.11 Å². The standard InChI is InChI=1S/C22H29FN4O3/c1-4-11-24-21-20(23)19(9-12-25-21)27-13-10-18(14-27)30-17-7-5-16(6-8-17)15(2)26-22(28)29-3/h5-9,12,15,18H,4,10-11,13-14H2,1-3H3,(H,24,25)(H,26,28)/t15-,18?/m0/s1. The van der Waals surface area contributed by atoms with Gasteiger partial charge in [-0.05, 0) is 37.1 Å². The smallest absolute Gasteiger partial charge is 0.407 e. The van der Waals surface area contributed by atoms with Crippen LogP contribution in [0.4, 0.5) is 20.7 Å². The Hall–Kier alpha value is -3.03. The van der Waals surface area contributed by atoms with E-state index in [4.69, 9.17) is 4.74 Å². The number of anilines is 2. The second kappa shape index (κ2) is 10.1. The molecule has 2 N–H and O–H groups in total. The first kappa shape index (κ1) is 21.7. The van der Waals surface area contributed by atoms with Gasteiger partial charge in [0.2, 0.25) is 0 Å². The SMILES string of the molecule is CCCNc1nccc(N2CCC(Oc3ccc([C@H](C)NC(=O)OC)cc3)C2)c1F. The van der Waals surface area contributed by atoms with Crippen LogP contribution < -0.4 is 20.3 Å². The number of nitrogens with zero attached hydrogens (tertiary/aromatic N) is 2. The van der Waals surface area contributed by atoms with Crippen molar-refractivity contribution in [2.45, 2.75) is 38.8 Å². The average molecular weight is 416 g/mol. The number of alkyl carbamates (subject to hydrolysis) is 1. The van der Waals surface area contributed by atoms with Crippen LogP contribution >= 0.6 is 0 Å². The molecule has 1 aliphatic rings. The van der Waals surface area contributed by atoms with E-state index in [-0.39, 0.29) is 18.0 Å². The van der Waals surface area contributed by atoms with E-state index in [9.17, 15) is 9.18 Å². The number of hydrogen-bond acceptors (Lipinski definition) is 6. The lowest BCUT2D eigenvalue weighted by molar-refractivity contribution is 0.167. The lowest BCUT2D eigenvalue weighted by Crippen LogP contribution is -2.26. The molecule has 3 rings (SSSR count). The molecule has 0 bridgehead atoms. The van der Waals surface area contributed by atoms with Crippen molar-refractivity contribution in [1.29, 1.82) is 0 Å². The van der Waals surface area contributed by atoms with Gasteiger partial charge in [0.1, 0.15) is 11.9 Å². The van der Waals surface area contributed by atoms with Gasteiger partial charge in [-0.15, -0.1) is 0 Å². The van der Waals surface area contributed by atoms with Gasteiger partial charge in [-0.25, -0.2) is 14.2 Å². The molecular formula is C22H29FN4O3. The Morgan fingerprint density at radius 1 is 1.33 bits per heavy atom. The normalized spacial score (nSPS) is 16.8. The van der Waals surface area contributed by atoms with Gasteiger partial charge in [0.25, 0.3) is 0 Å². The zero-order valence-electron chi connectivity index (χ0n) is 17.7. The summed E-state index contributed by atoms with van der Waals surface area (Å²) in [6, 6.07) is 9.13. The van der Waals surface area contributed by atoms with Gasteiger partial charge >= 0.3 is 6.09 Å². The first-order valence-electron chi connectivity index (χ1n) is 10.3. The fraction of sp³-hybridized carbons (Fsp3) is 0.455. The molecule has 0 aliphatic carbocycles. The number of aromatic nitrogens is 1. The molecule has 2 aromatic rings. The number of rotatable bonds is 8. The first-order valence-corrected chi connectivity index (χ1v) is 10.3. The Labute approximate surface area is 176 Å². The second-order valence-electron chi connectivity index (χ2n) is 7.32. The number of pyridine rings is 1. The third-order valence-corrected chi connectivity index (χ3v) is 5.10. The number of benzene rings is 1. The fourth-order valence-corrected chi connectivity index (χ4v) is 3.43. The maximum Gasteiger partial charge on any atom is 0.407 e. The molecule has 0 saturated carbocycles. The molecule has 162 valence electrons. The first-order chi connectivity index (χ1) is 14.5. The van der Waals surface area contributed by atoms with E-state index < -0.39 is 6.09 Å². The predicted molar refractivity (Wildman–Crippen MR) is 115 cm³/mol. The van der Waals surface area contributed by atoms with Crippen LogP contribution in [0.3, 0.4) is 0 Å². The minimum atomic E-state index is -0.467. The van der Waals surface area contributed by atoms with Crippen molar-refractivity contribution in [2.24, 2.45) is 0 Å². The molecule has 0 spiro atoms. The van der Waals surface area contributed by atoms with E-state index in [1.807, 2.05) is 43.0 Å². The highest BCUT2D eigenvalue weighted by atomic mass is 19.1. The van der Waals surface area contributed by atoms with E-state index in [2.05, 4.69) is 20.4 Å². The van der Waals surface area contributed by atoms with Crippen molar-refractivity contribution in [3.05, 3.63) is 47.9 Å². The topological polar surface area (TPSA) is 75.7 Å². The zero-order chi connectivity index (χ0) is 21.5. The third-order valence-electron chi connectivity index (χ3n) is 5.10. The monoisotopic (exact) mass is 416 g/mol. The van der Waals surface area contributed by atoms with Gasteiger partial charge < -0.3 is 25.0 Å². The molecule has 1 saturated heterocycles. The maximum absolute atomic E-state index is 14.8. The molecule has 8 heteroatoms. The summed E-state index contributed by atoms with van der Waals surface area (Å²) in [6.45, 7) is 5.92. The maximum atomic E-state index is 14.8. The summed E-state index contributed by atoms with van der Waals surface area (Å²) in [7, 11) is 1.34. The Morgan fingerprint density at radius 2 is 2.10 bits per heavy atom. The number of halogens is 1. The number of ether oxygens (including phenoxy) is 2. The van der Waals surface area contributed by atoms with Crippen LogP contribution in [0.25, 0.3) is 0 Å². The van der Waals surface area contributed by atoms with Crippen molar-refractivity contribution in [3.63, 3.8) is 0 Å². The van der Waals surface area contributed by atoms with Crippen molar-refractivity contribution >= 4 is 17.6 Å². The van der Waals surface area contributed by atoms with Crippen LogP contribution in [-0.2, 0) is 4.74 Å². The van der Waals surface area contributed by atoms with Gasteiger partial charge in [-0.2, -0.15) is 0 Å². The lowest BCUT2D eigenvalue weighted by atomic mass is 10.1. The molecule has 2 heterocycles. The molecule has 7 nitrogen and oxygen atoms in total. The summed E-state index contributed by atoms with van der Waals surface area (Å²) < 4.78 is 25.5. The molecule has 1 aliphatic heterocycles. The number of carbonyl (C=O) groups excluding carboxylic acids is 1. The Kier molecular flexibility index (Phi) is 7.32. The van der Waals surface area contributed by atoms with Crippen LogP contribution in [0.2, 0.25) is 0 Å². The highest BCUT2D eigenvalue weighted by Gasteiger charge is 2.27. The third kappa shape index (κ3) is 5.31. The van der Waals surface area contributed by atoms with Gasteiger partial charge in [0.05, 0.1) is 25.4 Å². The minimum Gasteiger partial charge on any atom is -0.489 e. The van der Waals surface area contributed by atoms with Crippen LogP contribution in [0.1, 0.15) is 38.3 Å². The number of hydrogen-bond donors (Lipinski definition) is 2. The van der Waals surface area contributed by atoms with E-state index in [1.54, 1.807) is 12.3 Å². The molecular weight excluding hydrogens is 387 g/mol. The van der Waals surface area contributed by atoms with Gasteiger partial charge in [-0.1, -0.05) is 19.1 Å². The lowest BCUT2D eigenvalue weighted by Gasteiger charge is -2.21. The average Bonchev–Trinajstić information content (AvgIpc) is 3.21. The van der Waals surface area contributed by atoms with E-state index in [0.717, 1.165) is 30.7 Å². The molecule has 0 radical (unpaired) electrons.